The molecule has 2 rings (SSSR count). The number of carbonyl (C=O) groups is 1. The van der Waals surface area contributed by atoms with Gasteiger partial charge in [-0.2, -0.15) is 0 Å². The van der Waals surface area contributed by atoms with Crippen LogP contribution in [0.5, 0.6) is 5.75 Å². The van der Waals surface area contributed by atoms with Crippen LogP contribution in [0.4, 0.5) is 0 Å². The van der Waals surface area contributed by atoms with Crippen molar-refractivity contribution in [2.75, 3.05) is 6.61 Å². The highest BCUT2D eigenvalue weighted by atomic mass is 16.6. The largest absolute Gasteiger partial charge is 0.491 e. The van der Waals surface area contributed by atoms with Gasteiger partial charge in [0.15, 0.2) is 0 Å². The third kappa shape index (κ3) is 3.47. The molecule has 0 radical (unpaired) electrons. The lowest BCUT2D eigenvalue weighted by molar-refractivity contribution is -0.0326. The van der Waals surface area contributed by atoms with Crippen LogP contribution in [-0.4, -0.2) is 29.4 Å². The van der Waals surface area contributed by atoms with E-state index in [1.807, 2.05) is 0 Å². The van der Waals surface area contributed by atoms with E-state index in [0.717, 1.165) is 12.8 Å². The summed E-state index contributed by atoms with van der Waals surface area (Å²) in [4.78, 5) is 10.9. The molecule has 1 aromatic rings. The smallest absolute Gasteiger partial charge is 0.335 e. The fourth-order valence-corrected chi connectivity index (χ4v) is 2.35. The Kier molecular flexibility index (Phi) is 3.80. The van der Waals surface area contributed by atoms with Gasteiger partial charge in [0.25, 0.3) is 0 Å². The van der Waals surface area contributed by atoms with E-state index < -0.39 is 5.97 Å². The van der Waals surface area contributed by atoms with Crippen LogP contribution in [0.3, 0.4) is 0 Å². The summed E-state index contributed by atoms with van der Waals surface area (Å²) in [6, 6.07) is 5.02. The number of benzene rings is 1. The summed E-state index contributed by atoms with van der Waals surface area (Å²) < 4.78 is 11.5. The predicted octanol–water partition coefficient (Wildman–Crippen LogP) is 3.03. The fraction of sp³-hybridized carbons (Fsp3) is 0.533. The van der Waals surface area contributed by atoms with E-state index in [9.17, 15) is 4.79 Å². The SMILES string of the molecule is Cc1cc(OCC2CCC(C)(C)O2)ccc1C(=O)O. The predicted molar refractivity (Wildman–Crippen MR) is 71.8 cm³/mol. The monoisotopic (exact) mass is 264 g/mol. The molecule has 4 nitrogen and oxygen atoms in total. The maximum absolute atomic E-state index is 10.9. The number of hydrogen-bond donors (Lipinski definition) is 1. The summed E-state index contributed by atoms with van der Waals surface area (Å²) in [5.41, 5.74) is 0.958. The quantitative estimate of drug-likeness (QED) is 0.908. The molecule has 4 heteroatoms. The lowest BCUT2D eigenvalue weighted by Crippen LogP contribution is -2.23. The van der Waals surface area contributed by atoms with Crippen molar-refractivity contribution < 1.29 is 19.4 Å². The van der Waals surface area contributed by atoms with Crippen LogP contribution in [0.25, 0.3) is 0 Å². The summed E-state index contributed by atoms with van der Waals surface area (Å²) in [6.45, 7) is 6.44. The number of carboxylic acids is 1. The van der Waals surface area contributed by atoms with Crippen LogP contribution in [0, 0.1) is 6.92 Å². The zero-order valence-corrected chi connectivity index (χ0v) is 11.6. The van der Waals surface area contributed by atoms with Gasteiger partial charge in [-0.1, -0.05) is 0 Å². The minimum Gasteiger partial charge on any atom is -0.491 e. The van der Waals surface area contributed by atoms with Crippen molar-refractivity contribution in [3.63, 3.8) is 0 Å². The topological polar surface area (TPSA) is 55.8 Å². The van der Waals surface area contributed by atoms with Gasteiger partial charge in [-0.15, -0.1) is 0 Å². The second kappa shape index (κ2) is 5.21. The number of aromatic carboxylic acids is 1. The third-order valence-electron chi connectivity index (χ3n) is 3.42. The Morgan fingerprint density at radius 1 is 1.53 bits per heavy atom. The first-order valence-corrected chi connectivity index (χ1v) is 6.52. The Bertz CT molecular complexity index is 479. The van der Waals surface area contributed by atoms with Gasteiger partial charge >= 0.3 is 5.97 Å². The lowest BCUT2D eigenvalue weighted by Gasteiger charge is -2.19. The van der Waals surface area contributed by atoms with Gasteiger partial charge in [0, 0.05) is 0 Å². The number of rotatable bonds is 4. The molecule has 1 aliphatic rings. The minimum atomic E-state index is -0.912. The average Bonchev–Trinajstić information content (AvgIpc) is 2.66. The van der Waals surface area contributed by atoms with Crippen molar-refractivity contribution in [3.8, 4) is 5.75 Å². The minimum absolute atomic E-state index is 0.0584. The van der Waals surface area contributed by atoms with Crippen molar-refractivity contribution in [2.45, 2.75) is 45.3 Å². The fourth-order valence-electron chi connectivity index (χ4n) is 2.35. The van der Waals surface area contributed by atoms with Crippen LogP contribution in [0.15, 0.2) is 18.2 Å². The summed E-state index contributed by atoms with van der Waals surface area (Å²) in [5.74, 6) is -0.222. The van der Waals surface area contributed by atoms with E-state index in [2.05, 4.69) is 13.8 Å². The van der Waals surface area contributed by atoms with E-state index >= 15 is 0 Å². The molecule has 0 aromatic heterocycles. The molecule has 0 spiro atoms. The molecule has 1 heterocycles. The van der Waals surface area contributed by atoms with Crippen molar-refractivity contribution in [2.24, 2.45) is 0 Å². The third-order valence-corrected chi connectivity index (χ3v) is 3.42. The average molecular weight is 264 g/mol. The van der Waals surface area contributed by atoms with Crippen LogP contribution in [-0.2, 0) is 4.74 Å². The zero-order valence-electron chi connectivity index (χ0n) is 11.6. The van der Waals surface area contributed by atoms with Crippen LogP contribution >= 0.6 is 0 Å². The Hall–Kier alpha value is -1.55. The number of aryl methyl sites for hydroxylation is 1. The maximum Gasteiger partial charge on any atom is 0.335 e. The van der Waals surface area contributed by atoms with Crippen molar-refractivity contribution in [3.05, 3.63) is 29.3 Å². The first-order chi connectivity index (χ1) is 8.87. The first-order valence-electron chi connectivity index (χ1n) is 6.52. The van der Waals surface area contributed by atoms with Crippen LogP contribution in [0.1, 0.15) is 42.6 Å². The molecule has 1 atom stereocenters. The van der Waals surface area contributed by atoms with Gasteiger partial charge in [-0.25, -0.2) is 4.79 Å². The standard InChI is InChI=1S/C15H20O4/c1-10-8-11(4-5-13(10)14(16)17)18-9-12-6-7-15(2,3)19-12/h4-5,8,12H,6-7,9H2,1-3H3,(H,16,17). The number of hydrogen-bond acceptors (Lipinski definition) is 3. The molecular formula is C15H20O4. The van der Waals surface area contributed by atoms with Crippen molar-refractivity contribution in [1.82, 2.24) is 0 Å². The molecule has 19 heavy (non-hydrogen) atoms. The molecule has 1 saturated heterocycles. The number of carboxylic acid groups (broad SMARTS) is 1. The first kappa shape index (κ1) is 13.9. The Morgan fingerprint density at radius 2 is 2.26 bits per heavy atom. The van der Waals surface area contributed by atoms with Gasteiger partial charge in [0.05, 0.1) is 17.3 Å². The molecule has 1 aliphatic heterocycles. The van der Waals surface area contributed by atoms with Gasteiger partial charge in [-0.3, -0.25) is 0 Å². The van der Waals surface area contributed by atoms with Gasteiger partial charge in [0.2, 0.25) is 0 Å². The number of ether oxygens (including phenoxy) is 2. The normalized spacial score (nSPS) is 21.3. The Labute approximate surface area is 113 Å². The van der Waals surface area contributed by atoms with Gasteiger partial charge in [0.1, 0.15) is 12.4 Å². The van der Waals surface area contributed by atoms with E-state index in [1.54, 1.807) is 25.1 Å². The summed E-state index contributed by atoms with van der Waals surface area (Å²) in [6.07, 6.45) is 2.16. The van der Waals surface area contributed by atoms with E-state index in [1.165, 1.54) is 0 Å². The molecule has 0 saturated carbocycles. The molecule has 1 aromatic carbocycles. The lowest BCUT2D eigenvalue weighted by atomic mass is 10.1. The second-order valence-electron chi connectivity index (χ2n) is 5.63. The Balaban J connectivity index is 1.94. The van der Waals surface area contributed by atoms with Gasteiger partial charge < -0.3 is 14.6 Å². The molecule has 1 fully saturated rings. The van der Waals surface area contributed by atoms with Crippen LogP contribution < -0.4 is 4.74 Å². The highest BCUT2D eigenvalue weighted by Gasteiger charge is 2.31. The van der Waals surface area contributed by atoms with E-state index in [-0.39, 0.29) is 11.7 Å². The highest BCUT2D eigenvalue weighted by Crippen LogP contribution is 2.29. The molecule has 0 aliphatic carbocycles. The summed E-state index contributed by atoms with van der Waals surface area (Å²) in [7, 11) is 0. The zero-order chi connectivity index (χ0) is 14.0. The molecule has 0 amide bonds. The molecule has 1 N–H and O–H groups in total. The summed E-state index contributed by atoms with van der Waals surface area (Å²) >= 11 is 0. The molecule has 104 valence electrons. The van der Waals surface area contributed by atoms with Crippen molar-refractivity contribution >= 4 is 5.97 Å². The highest BCUT2D eigenvalue weighted by molar-refractivity contribution is 5.89. The molecule has 1 unspecified atom stereocenters. The van der Waals surface area contributed by atoms with E-state index in [4.69, 9.17) is 14.6 Å². The van der Waals surface area contributed by atoms with Crippen molar-refractivity contribution in [1.29, 1.82) is 0 Å². The van der Waals surface area contributed by atoms with Crippen LogP contribution in [0.2, 0.25) is 0 Å². The Morgan fingerprint density at radius 3 is 2.79 bits per heavy atom. The molecular weight excluding hydrogens is 244 g/mol. The maximum atomic E-state index is 10.9. The summed E-state index contributed by atoms with van der Waals surface area (Å²) in [5, 5.41) is 8.96. The second-order valence-corrected chi connectivity index (χ2v) is 5.63. The molecule has 0 bridgehead atoms. The van der Waals surface area contributed by atoms with E-state index in [0.29, 0.717) is 23.5 Å². The van der Waals surface area contributed by atoms with Gasteiger partial charge in [-0.05, 0) is 57.4 Å².